The fourth-order valence-electron chi connectivity index (χ4n) is 3.32. The minimum absolute atomic E-state index is 0.265. The van der Waals surface area contributed by atoms with Crippen LogP contribution in [0.4, 0.5) is 0 Å². The summed E-state index contributed by atoms with van der Waals surface area (Å²) in [4.78, 5) is 38.5. The molecule has 11 nitrogen and oxygen atoms in total. The molecule has 1 unspecified atom stereocenters. The van der Waals surface area contributed by atoms with Gasteiger partial charge >= 0.3 is 17.9 Å². The number of azide groups is 1. The van der Waals surface area contributed by atoms with Crippen molar-refractivity contribution in [2.45, 2.75) is 69.0 Å². The molecule has 1 fully saturated rings. The van der Waals surface area contributed by atoms with Gasteiger partial charge in [-0.15, -0.1) is 0 Å². The van der Waals surface area contributed by atoms with E-state index in [1.54, 1.807) is 12.2 Å². The Kier molecular flexibility index (Phi) is 10.1. The molecular formula is C20H26ClN3O8S. The third kappa shape index (κ3) is 7.94. The predicted molar refractivity (Wildman–Crippen MR) is 119 cm³/mol. The van der Waals surface area contributed by atoms with Crippen molar-refractivity contribution < 1.29 is 38.1 Å². The van der Waals surface area contributed by atoms with Crippen LogP contribution in [-0.4, -0.2) is 66.0 Å². The standard InChI is InChI=1S/C20H26ClN3O8S/c1-5-29-20(21)8-6-14(7-9-20)33-19-18(31-13(4)27)16(23-24-22)17(30-12(3)26)15(32-19)10-28-11(2)25/h6-8,15-19H,5,9-10H2,1-4H3/t15-,16+,17+,18-,19-,20?/m1/s1. The predicted octanol–water partition coefficient (Wildman–Crippen LogP) is 3.37. The number of allylic oxidation sites excluding steroid dienone is 1. The minimum Gasteiger partial charge on any atom is -0.463 e. The number of ether oxygens (including phenoxy) is 5. The van der Waals surface area contributed by atoms with Crippen LogP contribution in [0, 0.1) is 0 Å². The van der Waals surface area contributed by atoms with Crippen LogP contribution in [0.2, 0.25) is 0 Å². The number of hydrogen-bond donors (Lipinski definition) is 0. The molecule has 1 heterocycles. The van der Waals surface area contributed by atoms with Gasteiger partial charge in [-0.25, -0.2) is 0 Å². The summed E-state index contributed by atoms with van der Waals surface area (Å²) < 4.78 is 27.4. The van der Waals surface area contributed by atoms with Gasteiger partial charge in [-0.3, -0.25) is 14.4 Å². The van der Waals surface area contributed by atoms with Gasteiger partial charge in [-0.2, -0.15) is 0 Å². The van der Waals surface area contributed by atoms with Crippen LogP contribution >= 0.6 is 23.4 Å². The van der Waals surface area contributed by atoms with E-state index < -0.39 is 52.8 Å². The average Bonchev–Trinajstić information content (AvgIpc) is 2.72. The number of carbonyl (C=O) groups is 3. The minimum atomic E-state index is -1.15. The van der Waals surface area contributed by atoms with Crippen molar-refractivity contribution in [1.29, 1.82) is 0 Å². The molecule has 2 rings (SSSR count). The molecule has 13 heteroatoms. The summed E-state index contributed by atoms with van der Waals surface area (Å²) in [5.41, 5.74) is 8.26. The van der Waals surface area contributed by atoms with E-state index in [1.165, 1.54) is 32.5 Å². The second kappa shape index (κ2) is 12.3. The Morgan fingerprint density at radius 1 is 1.24 bits per heavy atom. The first-order valence-electron chi connectivity index (χ1n) is 10.1. The maximum Gasteiger partial charge on any atom is 0.303 e. The van der Waals surface area contributed by atoms with Gasteiger partial charge in [-0.05, 0) is 24.6 Å². The number of esters is 3. The molecule has 0 aromatic carbocycles. The Balaban J connectivity index is 2.35. The summed E-state index contributed by atoms with van der Waals surface area (Å²) in [5, 5.41) is 2.78. The zero-order chi connectivity index (χ0) is 24.6. The maximum absolute atomic E-state index is 11.8. The molecule has 0 radical (unpaired) electrons. The van der Waals surface area contributed by atoms with Crippen molar-refractivity contribution in [2.75, 3.05) is 13.2 Å². The van der Waals surface area contributed by atoms with Crippen LogP contribution in [0.25, 0.3) is 10.4 Å². The third-order valence-corrected chi connectivity index (χ3v) is 6.15. The quantitative estimate of drug-likeness (QED) is 0.115. The van der Waals surface area contributed by atoms with Crippen molar-refractivity contribution >= 4 is 41.3 Å². The molecule has 1 aliphatic heterocycles. The molecule has 0 bridgehead atoms. The number of carbonyl (C=O) groups excluding carboxylic acids is 3. The second-order valence-corrected chi connectivity index (χ2v) is 8.98. The Morgan fingerprint density at radius 2 is 1.91 bits per heavy atom. The summed E-state index contributed by atoms with van der Waals surface area (Å²) in [6.45, 7) is 5.60. The number of alkyl halides is 1. The van der Waals surface area contributed by atoms with Gasteiger partial charge in [0.15, 0.2) is 5.06 Å². The fourth-order valence-corrected chi connectivity index (χ4v) is 4.71. The second-order valence-electron chi connectivity index (χ2n) is 7.17. The summed E-state index contributed by atoms with van der Waals surface area (Å²) >= 11 is 7.59. The zero-order valence-electron chi connectivity index (χ0n) is 18.6. The number of thioether (sulfide) groups is 1. The van der Waals surface area contributed by atoms with E-state index in [0.717, 1.165) is 4.91 Å². The van der Waals surface area contributed by atoms with E-state index in [2.05, 4.69) is 10.0 Å². The van der Waals surface area contributed by atoms with Crippen molar-refractivity contribution in [1.82, 2.24) is 0 Å². The fraction of sp³-hybridized carbons (Fsp3) is 0.650. The topological polar surface area (TPSA) is 146 Å². The number of halogens is 1. The third-order valence-electron chi connectivity index (χ3n) is 4.57. The van der Waals surface area contributed by atoms with Crippen molar-refractivity contribution in [3.63, 3.8) is 0 Å². The van der Waals surface area contributed by atoms with Gasteiger partial charge in [-0.1, -0.05) is 34.6 Å². The van der Waals surface area contributed by atoms with Gasteiger partial charge in [0.05, 0.1) is 0 Å². The molecule has 1 aliphatic carbocycles. The van der Waals surface area contributed by atoms with Crippen molar-refractivity contribution in [3.05, 3.63) is 33.6 Å². The van der Waals surface area contributed by atoms with Crippen LogP contribution in [0.5, 0.6) is 0 Å². The maximum atomic E-state index is 11.8. The first-order valence-corrected chi connectivity index (χ1v) is 11.4. The Hall–Kier alpha value is -2.24. The average molecular weight is 504 g/mol. The lowest BCUT2D eigenvalue weighted by Crippen LogP contribution is -2.59. The Labute approximate surface area is 200 Å². The SMILES string of the molecule is CCOC1(Cl)C=CC(S[C@H]2O[C@H](COC(C)=O)[C@H](OC(C)=O)[C@H](N=[N+]=[N-])[C@H]2OC(C)=O)=CC1. The summed E-state index contributed by atoms with van der Waals surface area (Å²) in [7, 11) is 0. The summed E-state index contributed by atoms with van der Waals surface area (Å²) in [6.07, 6.45) is 2.46. The number of hydrogen-bond acceptors (Lipinski definition) is 10. The van der Waals surface area contributed by atoms with Gasteiger partial charge in [0.25, 0.3) is 0 Å². The lowest BCUT2D eigenvalue weighted by Gasteiger charge is -2.43. The van der Waals surface area contributed by atoms with E-state index in [0.29, 0.717) is 13.0 Å². The molecule has 0 amide bonds. The van der Waals surface area contributed by atoms with Crippen LogP contribution in [0.3, 0.4) is 0 Å². The highest BCUT2D eigenvalue weighted by molar-refractivity contribution is 8.03. The molecule has 0 aromatic rings. The molecule has 33 heavy (non-hydrogen) atoms. The van der Waals surface area contributed by atoms with Crippen LogP contribution in [-0.2, 0) is 38.1 Å². The van der Waals surface area contributed by atoms with E-state index in [4.69, 9.17) is 40.8 Å². The zero-order valence-corrected chi connectivity index (χ0v) is 20.2. The number of rotatable bonds is 9. The normalized spacial score (nSPS) is 31.1. The lowest BCUT2D eigenvalue weighted by atomic mass is 9.97. The van der Waals surface area contributed by atoms with Crippen molar-refractivity contribution in [2.24, 2.45) is 5.11 Å². The van der Waals surface area contributed by atoms with Gasteiger partial charge < -0.3 is 23.7 Å². The van der Waals surface area contributed by atoms with Crippen LogP contribution in [0.1, 0.15) is 34.1 Å². The molecule has 2 aliphatic rings. The monoisotopic (exact) mass is 503 g/mol. The van der Waals surface area contributed by atoms with Gasteiger partial charge in [0, 0.05) is 43.6 Å². The molecule has 0 N–H and O–H groups in total. The molecule has 1 saturated heterocycles. The first-order chi connectivity index (χ1) is 15.6. The van der Waals surface area contributed by atoms with Gasteiger partial charge in [0.1, 0.15) is 36.4 Å². The molecular weight excluding hydrogens is 478 g/mol. The van der Waals surface area contributed by atoms with E-state index in [9.17, 15) is 14.4 Å². The van der Waals surface area contributed by atoms with E-state index in [1.807, 2.05) is 13.0 Å². The highest BCUT2D eigenvalue weighted by Gasteiger charge is 2.50. The van der Waals surface area contributed by atoms with Crippen LogP contribution in [0.15, 0.2) is 28.2 Å². The summed E-state index contributed by atoms with van der Waals surface area (Å²) in [5.74, 6) is -1.88. The largest absolute Gasteiger partial charge is 0.463 e. The molecule has 6 atom stereocenters. The first kappa shape index (κ1) is 27.0. The molecule has 0 saturated carbocycles. The molecule has 0 aromatic heterocycles. The van der Waals surface area contributed by atoms with Crippen molar-refractivity contribution in [3.8, 4) is 0 Å². The van der Waals surface area contributed by atoms with E-state index >= 15 is 0 Å². The smallest absolute Gasteiger partial charge is 0.303 e. The van der Waals surface area contributed by atoms with Gasteiger partial charge in [0.2, 0.25) is 0 Å². The molecule has 182 valence electrons. The van der Waals surface area contributed by atoms with E-state index in [-0.39, 0.29) is 6.61 Å². The molecule has 0 spiro atoms. The highest BCUT2D eigenvalue weighted by Crippen LogP contribution is 2.40. The van der Waals surface area contributed by atoms with Crippen LogP contribution < -0.4 is 0 Å². The number of nitrogens with zero attached hydrogens (tertiary/aromatic N) is 3. The lowest BCUT2D eigenvalue weighted by molar-refractivity contribution is -0.200. The Morgan fingerprint density at radius 3 is 2.42 bits per heavy atom. The Bertz CT molecular complexity index is 862. The summed E-state index contributed by atoms with van der Waals surface area (Å²) in [6, 6.07) is -1.13. The highest BCUT2D eigenvalue weighted by atomic mass is 35.5.